The van der Waals surface area contributed by atoms with Crippen molar-refractivity contribution in [3.05, 3.63) is 51.7 Å². The van der Waals surface area contributed by atoms with Crippen molar-refractivity contribution in [1.29, 1.82) is 0 Å². The number of hydrogen-bond donors (Lipinski definition) is 2. The van der Waals surface area contributed by atoms with Crippen LogP contribution in [0.2, 0.25) is 0 Å². The van der Waals surface area contributed by atoms with E-state index in [0.29, 0.717) is 24.6 Å². The molecule has 0 fully saturated rings. The summed E-state index contributed by atoms with van der Waals surface area (Å²) in [6, 6.07) is 6.70. The summed E-state index contributed by atoms with van der Waals surface area (Å²) >= 11 is 1.66. The fourth-order valence-corrected chi connectivity index (χ4v) is 2.55. The van der Waals surface area contributed by atoms with Crippen LogP contribution in [0.4, 0.5) is 4.39 Å². The summed E-state index contributed by atoms with van der Waals surface area (Å²) in [6.07, 6.45) is 0.949. The number of guanidine groups is 1. The van der Waals surface area contributed by atoms with Gasteiger partial charge >= 0.3 is 0 Å². The highest BCUT2D eigenvalue weighted by Gasteiger charge is 2.04. The largest absolute Gasteiger partial charge is 0.352 e. The van der Waals surface area contributed by atoms with Gasteiger partial charge in [-0.2, -0.15) is 0 Å². The molecule has 112 valence electrons. The number of benzene rings is 1. The van der Waals surface area contributed by atoms with Gasteiger partial charge in [-0.05, 0) is 12.5 Å². The summed E-state index contributed by atoms with van der Waals surface area (Å²) in [5.74, 6) is 0.414. The molecule has 0 unspecified atom stereocenters. The Labute approximate surface area is 128 Å². The molecule has 2 aromatic rings. The maximum atomic E-state index is 13.5. The van der Waals surface area contributed by atoms with Gasteiger partial charge in [-0.1, -0.05) is 25.1 Å². The summed E-state index contributed by atoms with van der Waals surface area (Å²) in [5.41, 5.74) is 1.60. The minimum absolute atomic E-state index is 0.215. The molecule has 0 amide bonds. The van der Waals surface area contributed by atoms with Crippen LogP contribution in [-0.4, -0.2) is 18.0 Å². The fraction of sp³-hybridized carbons (Fsp3) is 0.333. The summed E-state index contributed by atoms with van der Waals surface area (Å²) < 4.78 is 13.5. The molecule has 2 N–H and O–H groups in total. The summed E-state index contributed by atoms with van der Waals surface area (Å²) in [5, 5.41) is 9.43. The molecular weight excluding hydrogens is 287 g/mol. The minimum Gasteiger partial charge on any atom is -0.352 e. The molecule has 0 aliphatic carbocycles. The van der Waals surface area contributed by atoms with Gasteiger partial charge in [0.25, 0.3) is 0 Å². The zero-order chi connectivity index (χ0) is 15.1. The Bertz CT molecular complexity index is 609. The zero-order valence-corrected chi connectivity index (χ0v) is 13.0. The smallest absolute Gasteiger partial charge is 0.191 e. The monoisotopic (exact) mass is 306 g/mol. The number of aryl methyl sites for hydroxylation is 1. The number of hydrogen-bond acceptors (Lipinski definition) is 3. The fourth-order valence-electron chi connectivity index (χ4n) is 1.81. The van der Waals surface area contributed by atoms with Gasteiger partial charge in [-0.25, -0.2) is 9.37 Å². The molecule has 0 aliphatic heterocycles. The van der Waals surface area contributed by atoms with Crippen LogP contribution >= 0.6 is 11.3 Å². The molecule has 1 heterocycles. The van der Waals surface area contributed by atoms with Crippen LogP contribution in [0.15, 0.2) is 34.6 Å². The lowest BCUT2D eigenvalue weighted by atomic mass is 10.2. The molecule has 4 nitrogen and oxygen atoms in total. The van der Waals surface area contributed by atoms with Gasteiger partial charge in [0.1, 0.15) is 5.82 Å². The Morgan fingerprint density at radius 2 is 2.05 bits per heavy atom. The van der Waals surface area contributed by atoms with E-state index in [0.717, 1.165) is 17.1 Å². The second-order valence-electron chi connectivity index (χ2n) is 4.46. The number of aliphatic imine (C=N–C) groups is 1. The first-order valence-corrected chi connectivity index (χ1v) is 7.72. The molecule has 0 radical (unpaired) electrons. The number of halogens is 1. The quantitative estimate of drug-likeness (QED) is 0.659. The van der Waals surface area contributed by atoms with Crippen LogP contribution in [0.25, 0.3) is 0 Å². The van der Waals surface area contributed by atoms with Gasteiger partial charge in [0.2, 0.25) is 0 Å². The third-order valence-electron chi connectivity index (χ3n) is 2.97. The predicted octanol–water partition coefficient (Wildman–Crippen LogP) is 2.71. The van der Waals surface area contributed by atoms with Gasteiger partial charge in [0, 0.05) is 24.5 Å². The molecule has 0 saturated heterocycles. The van der Waals surface area contributed by atoms with E-state index < -0.39 is 0 Å². The Hall–Kier alpha value is -1.95. The Morgan fingerprint density at radius 1 is 1.29 bits per heavy atom. The second-order valence-corrected chi connectivity index (χ2v) is 5.40. The molecule has 1 aromatic carbocycles. The Kier molecular flexibility index (Phi) is 5.68. The summed E-state index contributed by atoms with van der Waals surface area (Å²) in [7, 11) is 1.69. The topological polar surface area (TPSA) is 49.3 Å². The van der Waals surface area contributed by atoms with E-state index in [-0.39, 0.29) is 5.82 Å². The summed E-state index contributed by atoms with van der Waals surface area (Å²) in [6.45, 7) is 3.09. The van der Waals surface area contributed by atoms with Gasteiger partial charge in [-0.3, -0.25) is 4.99 Å². The lowest BCUT2D eigenvalue weighted by Gasteiger charge is -2.11. The van der Waals surface area contributed by atoms with E-state index in [2.05, 4.69) is 27.5 Å². The van der Waals surface area contributed by atoms with Crippen molar-refractivity contribution in [2.45, 2.75) is 26.4 Å². The van der Waals surface area contributed by atoms with Crippen molar-refractivity contribution in [2.24, 2.45) is 4.99 Å². The van der Waals surface area contributed by atoms with Crippen LogP contribution in [0, 0.1) is 5.82 Å². The third kappa shape index (κ3) is 4.53. The molecule has 0 saturated carbocycles. The van der Waals surface area contributed by atoms with Crippen molar-refractivity contribution >= 4 is 17.3 Å². The minimum atomic E-state index is -0.215. The maximum absolute atomic E-state index is 13.5. The molecule has 2 rings (SSSR count). The van der Waals surface area contributed by atoms with Gasteiger partial charge in [0.15, 0.2) is 5.96 Å². The first-order chi connectivity index (χ1) is 10.2. The van der Waals surface area contributed by atoms with Crippen molar-refractivity contribution in [2.75, 3.05) is 7.05 Å². The zero-order valence-electron chi connectivity index (χ0n) is 12.2. The highest BCUT2D eigenvalue weighted by Crippen LogP contribution is 2.09. The van der Waals surface area contributed by atoms with Crippen molar-refractivity contribution < 1.29 is 4.39 Å². The SMILES string of the molecule is CCc1nc(CNC(=NC)NCc2ccccc2F)cs1. The van der Waals surface area contributed by atoms with Crippen LogP contribution in [0.1, 0.15) is 23.2 Å². The second kappa shape index (κ2) is 7.73. The number of thiazole rings is 1. The first-order valence-electron chi connectivity index (χ1n) is 6.84. The maximum Gasteiger partial charge on any atom is 0.191 e. The molecule has 0 atom stereocenters. The number of nitrogens with one attached hydrogen (secondary N) is 2. The molecule has 21 heavy (non-hydrogen) atoms. The predicted molar refractivity (Wildman–Crippen MR) is 84.9 cm³/mol. The Balaban J connectivity index is 1.85. The molecule has 0 bridgehead atoms. The molecular formula is C15H19FN4S. The molecule has 0 spiro atoms. The summed E-state index contributed by atoms with van der Waals surface area (Å²) in [4.78, 5) is 8.60. The van der Waals surface area contributed by atoms with E-state index in [4.69, 9.17) is 0 Å². The van der Waals surface area contributed by atoms with E-state index in [1.165, 1.54) is 6.07 Å². The van der Waals surface area contributed by atoms with E-state index in [9.17, 15) is 4.39 Å². The van der Waals surface area contributed by atoms with Crippen molar-refractivity contribution in [3.8, 4) is 0 Å². The highest BCUT2D eigenvalue weighted by atomic mass is 32.1. The normalized spacial score (nSPS) is 11.5. The van der Waals surface area contributed by atoms with Crippen molar-refractivity contribution in [1.82, 2.24) is 15.6 Å². The Morgan fingerprint density at radius 3 is 2.71 bits per heavy atom. The average Bonchev–Trinajstić information content (AvgIpc) is 2.97. The van der Waals surface area contributed by atoms with Crippen molar-refractivity contribution in [3.63, 3.8) is 0 Å². The van der Waals surface area contributed by atoms with Crippen LogP contribution in [0.5, 0.6) is 0 Å². The van der Waals surface area contributed by atoms with E-state index in [1.54, 1.807) is 30.5 Å². The van der Waals surface area contributed by atoms with Gasteiger partial charge < -0.3 is 10.6 Å². The molecule has 6 heteroatoms. The van der Waals surface area contributed by atoms with E-state index >= 15 is 0 Å². The lowest BCUT2D eigenvalue weighted by Crippen LogP contribution is -2.36. The lowest BCUT2D eigenvalue weighted by molar-refractivity contribution is 0.604. The third-order valence-corrected chi connectivity index (χ3v) is 4.01. The standard InChI is InChI=1S/C15H19FN4S/c1-3-14-20-12(10-21-14)9-19-15(17-2)18-8-11-6-4-5-7-13(11)16/h4-7,10H,3,8-9H2,1-2H3,(H2,17,18,19). The van der Waals surface area contributed by atoms with Gasteiger partial charge in [-0.15, -0.1) is 11.3 Å². The van der Waals surface area contributed by atoms with E-state index in [1.807, 2.05) is 11.4 Å². The average molecular weight is 306 g/mol. The number of nitrogens with zero attached hydrogens (tertiary/aromatic N) is 2. The van der Waals surface area contributed by atoms with Crippen LogP contribution in [-0.2, 0) is 19.5 Å². The number of rotatable bonds is 5. The van der Waals surface area contributed by atoms with Crippen LogP contribution in [0.3, 0.4) is 0 Å². The van der Waals surface area contributed by atoms with Gasteiger partial charge in [0.05, 0.1) is 17.2 Å². The van der Waals surface area contributed by atoms with Crippen LogP contribution < -0.4 is 10.6 Å². The number of aromatic nitrogens is 1. The molecule has 0 aliphatic rings. The first kappa shape index (κ1) is 15.4. The highest BCUT2D eigenvalue weighted by molar-refractivity contribution is 7.09. The molecule has 1 aromatic heterocycles.